The Balaban J connectivity index is 1.99. The van der Waals surface area contributed by atoms with Crippen molar-refractivity contribution in [1.29, 1.82) is 0 Å². The molecule has 0 spiro atoms. The lowest BCUT2D eigenvalue weighted by atomic mass is 9.90. The van der Waals surface area contributed by atoms with Crippen LogP contribution in [0.3, 0.4) is 0 Å². The van der Waals surface area contributed by atoms with E-state index in [1.807, 2.05) is 12.3 Å². The minimum atomic E-state index is 0.0994. The number of halogens is 1. The van der Waals surface area contributed by atoms with E-state index in [9.17, 15) is 0 Å². The molecule has 2 atom stereocenters. The Morgan fingerprint density at radius 2 is 2.25 bits per heavy atom. The Morgan fingerprint density at radius 3 is 3.00 bits per heavy atom. The zero-order valence-corrected chi connectivity index (χ0v) is 13.0. The third-order valence-corrected chi connectivity index (χ3v) is 4.47. The zero-order chi connectivity index (χ0) is 14.1. The van der Waals surface area contributed by atoms with Crippen molar-refractivity contribution in [2.24, 2.45) is 5.84 Å². The van der Waals surface area contributed by atoms with E-state index in [2.05, 4.69) is 57.5 Å². The predicted octanol–water partition coefficient (Wildman–Crippen LogP) is 3.39. The average Bonchev–Trinajstić information content (AvgIpc) is 2.83. The third kappa shape index (κ3) is 2.51. The van der Waals surface area contributed by atoms with E-state index in [4.69, 9.17) is 5.84 Å². The molecule has 1 aromatic carbocycles. The Morgan fingerprint density at radius 1 is 1.40 bits per heavy atom. The quantitative estimate of drug-likeness (QED) is 0.669. The SMILES string of the molecule is Cc1cc(Br)cc(C(NN)C2CCc3cccnc32)c1. The summed E-state index contributed by atoms with van der Waals surface area (Å²) >= 11 is 3.57. The minimum Gasteiger partial charge on any atom is -0.271 e. The van der Waals surface area contributed by atoms with Crippen LogP contribution in [0.2, 0.25) is 0 Å². The molecule has 3 rings (SSSR count). The molecule has 1 aliphatic carbocycles. The monoisotopic (exact) mass is 331 g/mol. The summed E-state index contributed by atoms with van der Waals surface area (Å²) in [5.41, 5.74) is 7.98. The van der Waals surface area contributed by atoms with Crippen molar-refractivity contribution in [2.75, 3.05) is 0 Å². The third-order valence-electron chi connectivity index (χ3n) is 4.01. The molecule has 0 fully saturated rings. The fourth-order valence-electron chi connectivity index (χ4n) is 3.16. The van der Waals surface area contributed by atoms with Gasteiger partial charge in [-0.2, -0.15) is 0 Å². The largest absolute Gasteiger partial charge is 0.271 e. The number of hydrogen-bond donors (Lipinski definition) is 2. The number of aromatic nitrogens is 1. The van der Waals surface area contributed by atoms with Crippen LogP contribution in [0.4, 0.5) is 0 Å². The first-order valence-electron chi connectivity index (χ1n) is 6.86. The Hall–Kier alpha value is -1.23. The van der Waals surface area contributed by atoms with Crippen molar-refractivity contribution < 1.29 is 0 Å². The fourth-order valence-corrected chi connectivity index (χ4v) is 3.78. The highest BCUT2D eigenvalue weighted by Gasteiger charge is 2.31. The van der Waals surface area contributed by atoms with Gasteiger partial charge in [0, 0.05) is 22.3 Å². The van der Waals surface area contributed by atoms with Gasteiger partial charge in [0.2, 0.25) is 0 Å². The number of hydrazine groups is 1. The van der Waals surface area contributed by atoms with Gasteiger partial charge in [0.15, 0.2) is 0 Å². The molecule has 0 saturated carbocycles. The summed E-state index contributed by atoms with van der Waals surface area (Å²) in [4.78, 5) is 4.57. The summed E-state index contributed by atoms with van der Waals surface area (Å²) < 4.78 is 1.09. The molecule has 1 heterocycles. The highest BCUT2D eigenvalue weighted by Crippen LogP contribution is 2.40. The molecule has 2 aromatic rings. The van der Waals surface area contributed by atoms with Crippen molar-refractivity contribution in [3.05, 3.63) is 63.4 Å². The van der Waals surface area contributed by atoms with Gasteiger partial charge in [-0.3, -0.25) is 16.3 Å². The van der Waals surface area contributed by atoms with Gasteiger partial charge in [-0.1, -0.05) is 28.1 Å². The number of fused-ring (bicyclic) bond motifs is 1. The van der Waals surface area contributed by atoms with E-state index in [1.165, 1.54) is 22.4 Å². The van der Waals surface area contributed by atoms with Crippen molar-refractivity contribution in [3.8, 4) is 0 Å². The standard InChI is InChI=1S/C16H18BrN3/c1-10-7-12(9-13(17)8-10)16(20-18)14-5-4-11-3-2-6-19-15(11)14/h2-3,6-9,14,16,20H,4-5,18H2,1H3. The van der Waals surface area contributed by atoms with E-state index in [0.717, 1.165) is 17.3 Å². The first kappa shape index (κ1) is 13.7. The molecule has 0 saturated heterocycles. The van der Waals surface area contributed by atoms with Crippen LogP contribution in [-0.4, -0.2) is 4.98 Å². The molecule has 0 bridgehead atoms. The molecule has 0 aliphatic heterocycles. The summed E-state index contributed by atoms with van der Waals surface area (Å²) in [6.45, 7) is 2.10. The number of nitrogens with two attached hydrogens (primary N) is 1. The van der Waals surface area contributed by atoms with Crippen molar-refractivity contribution in [3.63, 3.8) is 0 Å². The van der Waals surface area contributed by atoms with Gasteiger partial charge in [-0.15, -0.1) is 0 Å². The van der Waals surface area contributed by atoms with Gasteiger partial charge in [-0.05, 0) is 54.7 Å². The van der Waals surface area contributed by atoms with Gasteiger partial charge in [0.25, 0.3) is 0 Å². The number of nitrogens with one attached hydrogen (secondary N) is 1. The second-order valence-corrected chi connectivity index (χ2v) is 6.31. The van der Waals surface area contributed by atoms with Crippen LogP contribution in [-0.2, 0) is 6.42 Å². The zero-order valence-electron chi connectivity index (χ0n) is 11.4. The molecule has 104 valence electrons. The van der Waals surface area contributed by atoms with Crippen LogP contribution in [0.25, 0.3) is 0 Å². The maximum atomic E-state index is 5.85. The van der Waals surface area contributed by atoms with Crippen molar-refractivity contribution >= 4 is 15.9 Å². The lowest BCUT2D eigenvalue weighted by Crippen LogP contribution is -2.32. The summed E-state index contributed by atoms with van der Waals surface area (Å²) in [5, 5.41) is 0. The average molecular weight is 332 g/mol. The molecule has 3 nitrogen and oxygen atoms in total. The van der Waals surface area contributed by atoms with Gasteiger partial charge < -0.3 is 0 Å². The first-order valence-corrected chi connectivity index (χ1v) is 7.65. The number of benzene rings is 1. The van der Waals surface area contributed by atoms with E-state index < -0.39 is 0 Å². The van der Waals surface area contributed by atoms with Crippen LogP contribution in [0, 0.1) is 6.92 Å². The van der Waals surface area contributed by atoms with Crippen LogP contribution >= 0.6 is 15.9 Å². The molecule has 3 N–H and O–H groups in total. The highest BCUT2D eigenvalue weighted by atomic mass is 79.9. The second-order valence-electron chi connectivity index (χ2n) is 5.40. The van der Waals surface area contributed by atoms with Crippen LogP contribution in [0.15, 0.2) is 41.0 Å². The van der Waals surface area contributed by atoms with Gasteiger partial charge in [0.1, 0.15) is 0 Å². The molecule has 0 radical (unpaired) electrons. The van der Waals surface area contributed by atoms with E-state index in [0.29, 0.717) is 5.92 Å². The maximum Gasteiger partial charge on any atom is 0.0544 e. The van der Waals surface area contributed by atoms with Gasteiger partial charge >= 0.3 is 0 Å². The fraction of sp³-hybridized carbons (Fsp3) is 0.312. The molecule has 1 aliphatic rings. The molecular formula is C16H18BrN3. The number of hydrogen-bond acceptors (Lipinski definition) is 3. The summed E-state index contributed by atoms with van der Waals surface area (Å²) in [6, 6.07) is 10.7. The van der Waals surface area contributed by atoms with E-state index in [1.54, 1.807) is 0 Å². The molecule has 0 amide bonds. The van der Waals surface area contributed by atoms with E-state index in [-0.39, 0.29) is 6.04 Å². The lowest BCUT2D eigenvalue weighted by Gasteiger charge is -2.24. The molecule has 2 unspecified atom stereocenters. The maximum absolute atomic E-state index is 5.85. The number of pyridine rings is 1. The normalized spacial score (nSPS) is 18.9. The van der Waals surface area contributed by atoms with Crippen LogP contribution < -0.4 is 11.3 Å². The second kappa shape index (κ2) is 5.64. The van der Waals surface area contributed by atoms with Crippen molar-refractivity contribution in [1.82, 2.24) is 10.4 Å². The Kier molecular flexibility index (Phi) is 3.87. The lowest BCUT2D eigenvalue weighted by molar-refractivity contribution is 0.446. The molecule has 4 heteroatoms. The molecular weight excluding hydrogens is 314 g/mol. The summed E-state index contributed by atoms with van der Waals surface area (Å²) in [7, 11) is 0. The van der Waals surface area contributed by atoms with Gasteiger partial charge in [0.05, 0.1) is 6.04 Å². The van der Waals surface area contributed by atoms with E-state index >= 15 is 0 Å². The van der Waals surface area contributed by atoms with Crippen molar-refractivity contribution in [2.45, 2.75) is 31.7 Å². The predicted molar refractivity (Wildman–Crippen MR) is 84.2 cm³/mol. The summed E-state index contributed by atoms with van der Waals surface area (Å²) in [5.74, 6) is 6.19. The van der Waals surface area contributed by atoms with Gasteiger partial charge in [-0.25, -0.2) is 0 Å². The van der Waals surface area contributed by atoms with Crippen LogP contribution in [0.5, 0.6) is 0 Å². The Bertz CT molecular complexity index is 607. The topological polar surface area (TPSA) is 50.9 Å². The Labute approximate surface area is 127 Å². The number of aryl methyl sites for hydroxylation is 2. The number of nitrogens with zero attached hydrogens (tertiary/aromatic N) is 1. The highest BCUT2D eigenvalue weighted by molar-refractivity contribution is 9.10. The minimum absolute atomic E-state index is 0.0994. The number of rotatable bonds is 3. The smallest absolute Gasteiger partial charge is 0.0544 e. The summed E-state index contributed by atoms with van der Waals surface area (Å²) in [6.07, 6.45) is 4.04. The molecule has 1 aromatic heterocycles. The van der Waals surface area contributed by atoms with Crippen LogP contribution in [0.1, 0.15) is 40.8 Å². The first-order chi connectivity index (χ1) is 9.69. The molecule has 20 heavy (non-hydrogen) atoms.